The number of anilines is 1. The fourth-order valence-electron chi connectivity index (χ4n) is 1.95. The molecule has 1 aliphatic rings. The highest BCUT2D eigenvalue weighted by Crippen LogP contribution is 2.24. The Hall–Kier alpha value is -1.41. The maximum atomic E-state index is 12.1. The highest BCUT2D eigenvalue weighted by atomic mass is 79.9. The lowest BCUT2D eigenvalue weighted by molar-refractivity contribution is -0.141. The van der Waals surface area contributed by atoms with Gasteiger partial charge < -0.3 is 15.0 Å². The lowest BCUT2D eigenvalue weighted by Gasteiger charge is -2.16. The van der Waals surface area contributed by atoms with Gasteiger partial charge >= 0.3 is 5.97 Å². The summed E-state index contributed by atoms with van der Waals surface area (Å²) in [7, 11) is 3.37. The van der Waals surface area contributed by atoms with E-state index < -0.39 is 5.97 Å². The molecule has 1 saturated carbocycles. The second kappa shape index (κ2) is 7.04. The third kappa shape index (κ3) is 4.28. The summed E-state index contributed by atoms with van der Waals surface area (Å²) in [5.41, 5.74) is 0.270. The van der Waals surface area contributed by atoms with Crippen LogP contribution in [0.25, 0.3) is 0 Å². The molecule has 7 nitrogen and oxygen atoms in total. The average Bonchev–Trinajstić information content (AvgIpc) is 3.30. The molecule has 1 heterocycles. The molecule has 0 saturated heterocycles. The van der Waals surface area contributed by atoms with Crippen molar-refractivity contribution in [1.82, 2.24) is 14.7 Å². The zero-order valence-electron chi connectivity index (χ0n) is 12.1. The summed E-state index contributed by atoms with van der Waals surface area (Å²) in [6.07, 6.45) is 4.07. The molecule has 0 atom stereocenters. The molecule has 116 valence electrons. The van der Waals surface area contributed by atoms with E-state index in [0.29, 0.717) is 16.2 Å². The number of hydrogen-bond acceptors (Lipinski definition) is 6. The zero-order valence-corrected chi connectivity index (χ0v) is 13.7. The van der Waals surface area contributed by atoms with Crippen molar-refractivity contribution >= 4 is 27.6 Å². The molecule has 0 amide bonds. The Morgan fingerprint density at radius 3 is 2.95 bits per heavy atom. The minimum atomic E-state index is -0.511. The molecule has 0 radical (unpaired) electrons. The van der Waals surface area contributed by atoms with Crippen LogP contribution in [-0.4, -0.2) is 53.9 Å². The van der Waals surface area contributed by atoms with Crippen molar-refractivity contribution in [3.05, 3.63) is 21.0 Å². The lowest BCUT2D eigenvalue weighted by Crippen LogP contribution is -2.30. The van der Waals surface area contributed by atoms with Gasteiger partial charge in [0.25, 0.3) is 5.56 Å². The van der Waals surface area contributed by atoms with Gasteiger partial charge in [-0.3, -0.25) is 9.59 Å². The molecule has 0 bridgehead atoms. The fourth-order valence-corrected chi connectivity index (χ4v) is 2.40. The Morgan fingerprint density at radius 1 is 1.62 bits per heavy atom. The molecule has 1 aromatic rings. The van der Waals surface area contributed by atoms with Gasteiger partial charge in [0.1, 0.15) is 11.0 Å². The van der Waals surface area contributed by atoms with Gasteiger partial charge in [0.2, 0.25) is 0 Å². The summed E-state index contributed by atoms with van der Waals surface area (Å²) < 4.78 is 5.96. The van der Waals surface area contributed by atoms with E-state index in [2.05, 4.69) is 43.0 Å². The molecule has 1 aliphatic carbocycles. The van der Waals surface area contributed by atoms with Crippen LogP contribution in [0.4, 0.5) is 5.69 Å². The van der Waals surface area contributed by atoms with Crippen LogP contribution in [0.1, 0.15) is 12.8 Å². The number of hydrogen-bond donors (Lipinski definition) is 1. The lowest BCUT2D eigenvalue weighted by atomic mass is 10.4. The van der Waals surface area contributed by atoms with Gasteiger partial charge in [-0.2, -0.15) is 5.10 Å². The van der Waals surface area contributed by atoms with E-state index in [4.69, 9.17) is 0 Å². The number of methoxy groups -OCH3 is 1. The number of rotatable bonds is 7. The van der Waals surface area contributed by atoms with Gasteiger partial charge in [-0.25, -0.2) is 4.68 Å². The first-order valence-corrected chi connectivity index (χ1v) is 7.58. The quantitative estimate of drug-likeness (QED) is 0.722. The number of esters is 1. The van der Waals surface area contributed by atoms with Gasteiger partial charge in [0, 0.05) is 19.1 Å². The Kier molecular flexibility index (Phi) is 5.35. The molecular formula is C13H19BrN4O3. The van der Waals surface area contributed by atoms with Crippen molar-refractivity contribution in [2.24, 2.45) is 0 Å². The van der Waals surface area contributed by atoms with Crippen LogP contribution in [0.15, 0.2) is 15.5 Å². The van der Waals surface area contributed by atoms with E-state index in [1.807, 2.05) is 0 Å². The SMILES string of the molecule is COC(=O)Cn1ncc(NCCN(C)C2CC2)c(Br)c1=O. The van der Waals surface area contributed by atoms with E-state index >= 15 is 0 Å². The number of carbonyl (C=O) groups is 1. The van der Waals surface area contributed by atoms with Gasteiger partial charge in [0.15, 0.2) is 0 Å². The summed E-state index contributed by atoms with van der Waals surface area (Å²) in [5, 5.41) is 7.15. The van der Waals surface area contributed by atoms with Crippen LogP contribution in [0.5, 0.6) is 0 Å². The van der Waals surface area contributed by atoms with E-state index in [9.17, 15) is 9.59 Å². The molecule has 21 heavy (non-hydrogen) atoms. The first-order chi connectivity index (χ1) is 10.0. The minimum absolute atomic E-state index is 0.196. The predicted molar refractivity (Wildman–Crippen MR) is 82.4 cm³/mol. The molecular weight excluding hydrogens is 340 g/mol. The number of nitrogens with zero attached hydrogens (tertiary/aromatic N) is 3. The predicted octanol–water partition coefficient (Wildman–Crippen LogP) is 0.685. The molecule has 1 N–H and O–H groups in total. The summed E-state index contributed by atoms with van der Waals surface area (Å²) in [6.45, 7) is 1.44. The van der Waals surface area contributed by atoms with Gasteiger partial charge in [-0.15, -0.1) is 0 Å². The number of likely N-dealkylation sites (N-methyl/N-ethyl adjacent to an activating group) is 1. The molecule has 0 unspecified atom stereocenters. The van der Waals surface area contributed by atoms with E-state index in [1.54, 1.807) is 0 Å². The number of aromatic nitrogens is 2. The summed E-state index contributed by atoms with van der Waals surface area (Å²) >= 11 is 3.25. The first-order valence-electron chi connectivity index (χ1n) is 6.79. The Bertz CT molecular complexity index is 571. The second-order valence-electron chi connectivity index (χ2n) is 5.05. The highest BCUT2D eigenvalue weighted by molar-refractivity contribution is 9.10. The molecule has 0 aromatic carbocycles. The normalized spacial score (nSPS) is 14.3. The van der Waals surface area contributed by atoms with E-state index in [0.717, 1.165) is 17.8 Å². The number of halogens is 1. The number of ether oxygens (including phenoxy) is 1. The Labute approximate surface area is 131 Å². The van der Waals surface area contributed by atoms with Crippen LogP contribution in [0.3, 0.4) is 0 Å². The van der Waals surface area contributed by atoms with Crippen molar-refractivity contribution in [1.29, 1.82) is 0 Å². The molecule has 8 heteroatoms. The van der Waals surface area contributed by atoms with Crippen molar-refractivity contribution in [2.45, 2.75) is 25.4 Å². The first kappa shape index (κ1) is 16.0. The van der Waals surface area contributed by atoms with Crippen LogP contribution in [-0.2, 0) is 16.1 Å². The highest BCUT2D eigenvalue weighted by Gasteiger charge is 2.25. The zero-order chi connectivity index (χ0) is 15.4. The van der Waals surface area contributed by atoms with E-state index in [-0.39, 0.29) is 12.1 Å². The monoisotopic (exact) mass is 358 g/mol. The fraction of sp³-hybridized carbons (Fsp3) is 0.615. The summed E-state index contributed by atoms with van der Waals surface area (Å²) in [5.74, 6) is -0.511. The van der Waals surface area contributed by atoms with Crippen LogP contribution in [0.2, 0.25) is 0 Å². The largest absolute Gasteiger partial charge is 0.468 e. The van der Waals surface area contributed by atoms with Gasteiger partial charge in [-0.05, 0) is 35.8 Å². The second-order valence-corrected chi connectivity index (χ2v) is 5.84. The smallest absolute Gasteiger partial charge is 0.327 e. The Morgan fingerprint density at radius 2 is 2.33 bits per heavy atom. The summed E-state index contributed by atoms with van der Waals surface area (Å²) in [4.78, 5) is 25.5. The standard InChI is InChI=1S/C13H19BrN4O3/c1-17(9-3-4-9)6-5-15-10-7-16-18(8-11(19)21-2)13(20)12(10)14/h7,9,15H,3-6,8H2,1-2H3. The molecule has 0 spiro atoms. The van der Waals surface area contributed by atoms with Crippen molar-refractivity contribution in [3.63, 3.8) is 0 Å². The number of carbonyl (C=O) groups excluding carboxylic acids is 1. The van der Waals surface area contributed by atoms with Gasteiger partial charge in [0.05, 0.1) is 19.0 Å². The van der Waals surface area contributed by atoms with Gasteiger partial charge in [-0.1, -0.05) is 0 Å². The third-order valence-corrected chi connectivity index (χ3v) is 4.21. The molecule has 2 rings (SSSR count). The molecule has 0 aliphatic heterocycles. The van der Waals surface area contributed by atoms with Crippen molar-refractivity contribution in [2.75, 3.05) is 32.6 Å². The Balaban J connectivity index is 1.95. The average molecular weight is 359 g/mol. The minimum Gasteiger partial charge on any atom is -0.468 e. The molecule has 1 fully saturated rings. The maximum Gasteiger partial charge on any atom is 0.327 e. The third-order valence-electron chi connectivity index (χ3n) is 3.44. The van der Waals surface area contributed by atoms with Crippen molar-refractivity contribution < 1.29 is 9.53 Å². The van der Waals surface area contributed by atoms with Crippen molar-refractivity contribution in [3.8, 4) is 0 Å². The number of nitrogens with one attached hydrogen (secondary N) is 1. The van der Waals surface area contributed by atoms with Crippen LogP contribution < -0.4 is 10.9 Å². The van der Waals surface area contributed by atoms with Crippen LogP contribution >= 0.6 is 15.9 Å². The summed E-state index contributed by atoms with van der Waals surface area (Å²) in [6, 6.07) is 0.710. The van der Waals surface area contributed by atoms with Crippen LogP contribution in [0, 0.1) is 0 Å². The topological polar surface area (TPSA) is 76.5 Å². The maximum absolute atomic E-state index is 12.1. The molecule has 1 aromatic heterocycles. The van der Waals surface area contributed by atoms with E-state index in [1.165, 1.54) is 26.1 Å².